The second-order valence-electron chi connectivity index (χ2n) is 9.58. The summed E-state index contributed by atoms with van der Waals surface area (Å²) in [7, 11) is 0. The number of ether oxygens (including phenoxy) is 2. The van der Waals surface area contributed by atoms with E-state index in [0.717, 1.165) is 44.4 Å². The van der Waals surface area contributed by atoms with E-state index in [2.05, 4.69) is 19.9 Å². The number of carbonyl (C=O) groups excluding carboxylic acids is 2. The number of rotatable bonds is 5. The van der Waals surface area contributed by atoms with Crippen LogP contribution in [0.25, 0.3) is 0 Å². The van der Waals surface area contributed by atoms with Gasteiger partial charge in [-0.15, -0.1) is 0 Å². The van der Waals surface area contributed by atoms with Gasteiger partial charge in [-0.25, -0.2) is 0 Å². The Hall–Kier alpha value is -1.32. The van der Waals surface area contributed by atoms with Crippen LogP contribution in [0.3, 0.4) is 0 Å². The van der Waals surface area contributed by atoms with Gasteiger partial charge >= 0.3 is 11.9 Å². The predicted molar refractivity (Wildman–Crippen MR) is 110 cm³/mol. The lowest BCUT2D eigenvalue weighted by molar-refractivity contribution is -0.155. The Labute approximate surface area is 170 Å². The summed E-state index contributed by atoms with van der Waals surface area (Å²) in [5.74, 6) is 1.77. The average molecular weight is 391 g/mol. The Morgan fingerprint density at radius 3 is 2.54 bits per heavy atom. The highest BCUT2D eigenvalue weighted by molar-refractivity contribution is 5.66. The molecule has 3 aliphatic rings. The third-order valence-electron chi connectivity index (χ3n) is 7.86. The molecule has 6 atom stereocenters. The van der Waals surface area contributed by atoms with E-state index in [0.29, 0.717) is 11.8 Å². The molecule has 4 heteroatoms. The van der Waals surface area contributed by atoms with Crippen LogP contribution >= 0.6 is 0 Å². The van der Waals surface area contributed by atoms with Gasteiger partial charge in [-0.2, -0.15) is 0 Å². The van der Waals surface area contributed by atoms with Gasteiger partial charge in [0.05, 0.1) is 0 Å². The van der Waals surface area contributed by atoms with E-state index in [4.69, 9.17) is 9.47 Å². The first kappa shape index (κ1) is 21.4. The molecule has 3 fully saturated rings. The topological polar surface area (TPSA) is 52.6 Å². The fourth-order valence-corrected chi connectivity index (χ4v) is 6.45. The van der Waals surface area contributed by atoms with E-state index < -0.39 is 0 Å². The normalized spacial score (nSPS) is 39.4. The minimum Gasteiger partial charge on any atom is -0.462 e. The van der Waals surface area contributed by atoms with Gasteiger partial charge in [0.2, 0.25) is 0 Å². The molecule has 3 saturated carbocycles. The Balaban J connectivity index is 1.70. The van der Waals surface area contributed by atoms with Crippen molar-refractivity contribution in [3.05, 3.63) is 11.6 Å². The van der Waals surface area contributed by atoms with Crippen LogP contribution in [0, 0.1) is 23.2 Å². The first-order valence-corrected chi connectivity index (χ1v) is 11.4. The van der Waals surface area contributed by atoms with E-state index in [9.17, 15) is 9.59 Å². The largest absolute Gasteiger partial charge is 0.462 e. The van der Waals surface area contributed by atoms with Crippen molar-refractivity contribution in [3.8, 4) is 0 Å². The average Bonchev–Trinajstić information content (AvgIpc) is 2.95. The van der Waals surface area contributed by atoms with Gasteiger partial charge in [0.15, 0.2) is 0 Å². The molecule has 0 radical (unpaired) electrons. The Morgan fingerprint density at radius 2 is 1.86 bits per heavy atom. The lowest BCUT2D eigenvalue weighted by Crippen LogP contribution is -2.44. The molecule has 0 aromatic rings. The zero-order valence-corrected chi connectivity index (χ0v) is 18.2. The second-order valence-corrected chi connectivity index (χ2v) is 9.58. The van der Waals surface area contributed by atoms with Gasteiger partial charge in [0, 0.05) is 25.7 Å². The van der Waals surface area contributed by atoms with Gasteiger partial charge in [0.25, 0.3) is 0 Å². The van der Waals surface area contributed by atoms with Crippen molar-refractivity contribution >= 4 is 11.9 Å². The number of hydrogen-bond donors (Lipinski definition) is 0. The van der Waals surface area contributed by atoms with E-state index >= 15 is 0 Å². The van der Waals surface area contributed by atoms with E-state index in [1.54, 1.807) is 6.92 Å². The minimum atomic E-state index is -0.164. The molecule has 3 aliphatic carbocycles. The maximum Gasteiger partial charge on any atom is 0.302 e. The maximum atomic E-state index is 11.6. The molecule has 0 amide bonds. The number of fused-ring (bicyclic) bond motifs is 1. The van der Waals surface area contributed by atoms with Crippen LogP contribution in [0.5, 0.6) is 0 Å². The van der Waals surface area contributed by atoms with Crippen LogP contribution in [0.1, 0.15) is 91.9 Å². The van der Waals surface area contributed by atoms with Crippen molar-refractivity contribution in [2.75, 3.05) is 0 Å². The summed E-state index contributed by atoms with van der Waals surface area (Å²) >= 11 is 0. The van der Waals surface area contributed by atoms with E-state index in [1.165, 1.54) is 38.2 Å². The minimum absolute atomic E-state index is 0.0657. The molecule has 0 aromatic carbocycles. The van der Waals surface area contributed by atoms with Crippen LogP contribution in [-0.2, 0) is 19.1 Å². The van der Waals surface area contributed by atoms with Crippen molar-refractivity contribution in [2.45, 2.75) is 104 Å². The molecule has 6 unspecified atom stereocenters. The number of hydrogen-bond acceptors (Lipinski definition) is 4. The highest BCUT2D eigenvalue weighted by Crippen LogP contribution is 2.58. The van der Waals surface area contributed by atoms with Crippen molar-refractivity contribution in [2.24, 2.45) is 23.2 Å². The number of allylic oxidation sites excluding steroid dienone is 1. The lowest BCUT2D eigenvalue weighted by Gasteiger charge is -2.48. The zero-order valence-electron chi connectivity index (χ0n) is 18.2. The standard InChI is InChI=1S/C24H38O4/c1-5-19-13-14-24(4)22(11-12-23(24)28-17(3)26)21(19)10-9-18-7-6-8-20(15-18)27-16(2)25/h9,19-23H,5-8,10-15H2,1-4H3/b18-9+. The summed E-state index contributed by atoms with van der Waals surface area (Å²) in [5, 5.41) is 0. The molecule has 0 saturated heterocycles. The molecular weight excluding hydrogens is 352 g/mol. The monoisotopic (exact) mass is 390 g/mol. The Morgan fingerprint density at radius 1 is 1.11 bits per heavy atom. The van der Waals surface area contributed by atoms with Gasteiger partial charge in [-0.05, 0) is 69.1 Å². The Bertz CT molecular complexity index is 610. The molecule has 158 valence electrons. The summed E-state index contributed by atoms with van der Waals surface area (Å²) in [4.78, 5) is 22.9. The van der Waals surface area contributed by atoms with Crippen molar-refractivity contribution in [1.29, 1.82) is 0 Å². The summed E-state index contributed by atoms with van der Waals surface area (Å²) in [6.07, 6.45) is 13.7. The van der Waals surface area contributed by atoms with Gasteiger partial charge in [-0.1, -0.05) is 31.9 Å². The summed E-state index contributed by atoms with van der Waals surface area (Å²) < 4.78 is 11.2. The van der Waals surface area contributed by atoms with E-state index in [-0.39, 0.29) is 29.6 Å². The maximum absolute atomic E-state index is 11.6. The Kier molecular flexibility index (Phi) is 6.88. The van der Waals surface area contributed by atoms with Crippen LogP contribution in [-0.4, -0.2) is 24.1 Å². The number of esters is 2. The molecule has 0 aromatic heterocycles. The summed E-state index contributed by atoms with van der Waals surface area (Å²) in [5.41, 5.74) is 1.60. The fourth-order valence-electron chi connectivity index (χ4n) is 6.45. The molecular formula is C24H38O4. The van der Waals surface area contributed by atoms with Gasteiger partial charge in [-0.3, -0.25) is 9.59 Å². The molecule has 0 spiro atoms. The molecule has 0 bridgehead atoms. The molecule has 3 rings (SSSR count). The van der Waals surface area contributed by atoms with Crippen LogP contribution < -0.4 is 0 Å². The summed E-state index contributed by atoms with van der Waals surface area (Å²) in [6.45, 7) is 7.73. The SMILES string of the molecule is CCC1CCC2(C)C(OC(C)=O)CCC2C1C/C=C1\CCCC(OC(C)=O)C1. The fraction of sp³-hybridized carbons (Fsp3) is 0.833. The first-order chi connectivity index (χ1) is 13.3. The second kappa shape index (κ2) is 9.00. The highest BCUT2D eigenvalue weighted by atomic mass is 16.5. The van der Waals surface area contributed by atoms with Crippen molar-refractivity contribution in [1.82, 2.24) is 0 Å². The molecule has 28 heavy (non-hydrogen) atoms. The number of carbonyl (C=O) groups is 2. The van der Waals surface area contributed by atoms with Crippen LogP contribution in [0.15, 0.2) is 11.6 Å². The molecule has 4 nitrogen and oxygen atoms in total. The van der Waals surface area contributed by atoms with Crippen LogP contribution in [0.4, 0.5) is 0 Å². The predicted octanol–water partition coefficient (Wildman–Crippen LogP) is 5.59. The van der Waals surface area contributed by atoms with Crippen LogP contribution in [0.2, 0.25) is 0 Å². The molecule has 0 aliphatic heterocycles. The van der Waals surface area contributed by atoms with Crippen molar-refractivity contribution in [3.63, 3.8) is 0 Å². The smallest absolute Gasteiger partial charge is 0.302 e. The van der Waals surface area contributed by atoms with Gasteiger partial charge in [0.1, 0.15) is 12.2 Å². The zero-order chi connectivity index (χ0) is 20.3. The lowest BCUT2D eigenvalue weighted by atomic mass is 9.58. The summed E-state index contributed by atoms with van der Waals surface area (Å²) in [6, 6.07) is 0. The van der Waals surface area contributed by atoms with E-state index in [1.807, 2.05) is 0 Å². The third kappa shape index (κ3) is 4.63. The highest BCUT2D eigenvalue weighted by Gasteiger charge is 2.54. The van der Waals surface area contributed by atoms with Crippen molar-refractivity contribution < 1.29 is 19.1 Å². The first-order valence-electron chi connectivity index (χ1n) is 11.4. The third-order valence-corrected chi connectivity index (χ3v) is 7.86. The quantitative estimate of drug-likeness (QED) is 0.453. The van der Waals surface area contributed by atoms with Gasteiger partial charge < -0.3 is 9.47 Å². The molecule has 0 heterocycles. The molecule has 0 N–H and O–H groups in total.